The highest BCUT2D eigenvalue weighted by Crippen LogP contribution is 2.20. The van der Waals surface area contributed by atoms with E-state index in [2.05, 4.69) is 48.5 Å². The van der Waals surface area contributed by atoms with Gasteiger partial charge in [-0.05, 0) is 24.9 Å². The molecule has 1 aliphatic rings. The third kappa shape index (κ3) is 3.35. The van der Waals surface area contributed by atoms with Crippen molar-refractivity contribution in [3.05, 3.63) is 17.5 Å². The van der Waals surface area contributed by atoms with Crippen LogP contribution in [0.5, 0.6) is 0 Å². The topological polar surface area (TPSA) is 69.8 Å². The second-order valence-corrected chi connectivity index (χ2v) is 6.47. The van der Waals surface area contributed by atoms with Crippen molar-refractivity contribution < 1.29 is 4.79 Å². The first-order chi connectivity index (χ1) is 8.88. The molecule has 2 unspecified atom stereocenters. The van der Waals surface area contributed by atoms with Gasteiger partial charge in [-0.1, -0.05) is 27.7 Å². The summed E-state index contributed by atoms with van der Waals surface area (Å²) in [4.78, 5) is 12.2. The first-order valence-corrected chi connectivity index (χ1v) is 6.95. The molecule has 19 heavy (non-hydrogen) atoms. The first-order valence-electron chi connectivity index (χ1n) is 6.95. The van der Waals surface area contributed by atoms with Crippen molar-refractivity contribution >= 4 is 5.91 Å². The van der Waals surface area contributed by atoms with E-state index in [1.807, 2.05) is 6.07 Å². The van der Waals surface area contributed by atoms with Crippen LogP contribution in [-0.4, -0.2) is 35.2 Å². The fourth-order valence-electron chi connectivity index (χ4n) is 2.25. The molecule has 0 aliphatic carbocycles. The summed E-state index contributed by atoms with van der Waals surface area (Å²) in [6.07, 6.45) is 1.10. The van der Waals surface area contributed by atoms with Crippen LogP contribution in [0, 0.1) is 5.92 Å². The molecular weight excluding hydrogens is 240 g/mol. The molecule has 1 saturated heterocycles. The van der Waals surface area contributed by atoms with Crippen molar-refractivity contribution in [2.24, 2.45) is 5.92 Å². The lowest BCUT2D eigenvalue weighted by Crippen LogP contribution is -2.50. The van der Waals surface area contributed by atoms with E-state index in [1.54, 1.807) is 0 Å². The Morgan fingerprint density at radius 1 is 1.47 bits per heavy atom. The number of aromatic nitrogens is 2. The predicted octanol–water partition coefficient (Wildman–Crippen LogP) is 1.43. The Kier molecular flexibility index (Phi) is 3.94. The van der Waals surface area contributed by atoms with Gasteiger partial charge in [0.1, 0.15) is 5.69 Å². The van der Waals surface area contributed by atoms with Gasteiger partial charge in [-0.25, -0.2) is 0 Å². The number of carbonyl (C=O) groups excluding carboxylic acids is 1. The minimum atomic E-state index is -0.0905. The van der Waals surface area contributed by atoms with E-state index in [-0.39, 0.29) is 17.4 Å². The van der Waals surface area contributed by atoms with E-state index >= 15 is 0 Å². The summed E-state index contributed by atoms with van der Waals surface area (Å²) < 4.78 is 0. The van der Waals surface area contributed by atoms with E-state index in [9.17, 15) is 4.79 Å². The molecule has 2 atom stereocenters. The van der Waals surface area contributed by atoms with Crippen molar-refractivity contribution in [3.63, 3.8) is 0 Å². The lowest BCUT2D eigenvalue weighted by atomic mass is 9.92. The van der Waals surface area contributed by atoms with Crippen LogP contribution in [0.1, 0.15) is 50.3 Å². The summed E-state index contributed by atoms with van der Waals surface area (Å²) >= 11 is 0. The SMILES string of the molecule is CC1CCNCC1NC(=O)c1cc(C(C)(C)C)[nH]n1. The van der Waals surface area contributed by atoms with Crippen molar-refractivity contribution in [2.45, 2.75) is 45.6 Å². The molecule has 106 valence electrons. The average Bonchev–Trinajstić information content (AvgIpc) is 2.81. The maximum Gasteiger partial charge on any atom is 0.272 e. The van der Waals surface area contributed by atoms with Gasteiger partial charge in [-0.2, -0.15) is 5.10 Å². The molecule has 0 spiro atoms. The molecule has 5 nitrogen and oxygen atoms in total. The molecular formula is C14H24N4O. The summed E-state index contributed by atoms with van der Waals surface area (Å²) in [6.45, 7) is 10.3. The van der Waals surface area contributed by atoms with Crippen molar-refractivity contribution in [1.82, 2.24) is 20.8 Å². The maximum absolute atomic E-state index is 12.2. The van der Waals surface area contributed by atoms with E-state index in [0.717, 1.165) is 25.2 Å². The largest absolute Gasteiger partial charge is 0.346 e. The summed E-state index contributed by atoms with van der Waals surface area (Å²) in [5.74, 6) is 0.415. The van der Waals surface area contributed by atoms with Crippen LogP contribution >= 0.6 is 0 Å². The van der Waals surface area contributed by atoms with Crippen LogP contribution in [-0.2, 0) is 5.41 Å². The van der Waals surface area contributed by atoms with Gasteiger partial charge in [0.15, 0.2) is 0 Å². The first kappa shape index (κ1) is 14.1. The third-order valence-electron chi connectivity index (χ3n) is 3.76. The number of hydrogen-bond donors (Lipinski definition) is 3. The van der Waals surface area contributed by atoms with Crippen molar-refractivity contribution in [2.75, 3.05) is 13.1 Å². The second kappa shape index (κ2) is 5.33. The van der Waals surface area contributed by atoms with Gasteiger partial charge >= 0.3 is 0 Å². The number of hydrogen-bond acceptors (Lipinski definition) is 3. The highest BCUT2D eigenvalue weighted by molar-refractivity contribution is 5.92. The molecule has 1 aromatic rings. The molecule has 1 fully saturated rings. The standard InChI is InChI=1S/C14H24N4O/c1-9-5-6-15-8-11(9)16-13(19)10-7-12(18-17-10)14(2,3)4/h7,9,11,15H,5-6,8H2,1-4H3,(H,16,19)(H,17,18). The molecule has 3 N–H and O–H groups in total. The van der Waals surface area contributed by atoms with Gasteiger partial charge in [0.25, 0.3) is 5.91 Å². The van der Waals surface area contributed by atoms with E-state index < -0.39 is 0 Å². The lowest BCUT2D eigenvalue weighted by molar-refractivity contribution is 0.0910. The Morgan fingerprint density at radius 3 is 2.79 bits per heavy atom. The Labute approximate surface area is 114 Å². The molecule has 0 radical (unpaired) electrons. The third-order valence-corrected chi connectivity index (χ3v) is 3.76. The Hall–Kier alpha value is -1.36. The number of piperidine rings is 1. The lowest BCUT2D eigenvalue weighted by Gasteiger charge is -2.29. The van der Waals surface area contributed by atoms with Gasteiger partial charge in [-0.3, -0.25) is 9.89 Å². The van der Waals surface area contributed by atoms with Crippen LogP contribution in [0.25, 0.3) is 0 Å². The molecule has 2 rings (SSSR count). The van der Waals surface area contributed by atoms with Gasteiger partial charge in [0.05, 0.1) is 0 Å². The van der Waals surface area contributed by atoms with Gasteiger partial charge in [0, 0.05) is 23.7 Å². The normalized spacial score (nSPS) is 24.2. The fourth-order valence-corrected chi connectivity index (χ4v) is 2.25. The number of H-pyrrole nitrogens is 1. The smallest absolute Gasteiger partial charge is 0.272 e. The molecule has 2 heterocycles. The zero-order valence-electron chi connectivity index (χ0n) is 12.2. The molecule has 0 saturated carbocycles. The maximum atomic E-state index is 12.2. The van der Waals surface area contributed by atoms with Crippen LogP contribution in [0.2, 0.25) is 0 Å². The molecule has 0 bridgehead atoms. The molecule has 1 aliphatic heterocycles. The number of nitrogens with zero attached hydrogens (tertiary/aromatic N) is 1. The second-order valence-electron chi connectivity index (χ2n) is 6.47. The van der Waals surface area contributed by atoms with Crippen LogP contribution < -0.4 is 10.6 Å². The number of rotatable bonds is 2. The fraction of sp³-hybridized carbons (Fsp3) is 0.714. The van der Waals surface area contributed by atoms with Gasteiger partial charge in [0.2, 0.25) is 0 Å². The Balaban J connectivity index is 2.01. The van der Waals surface area contributed by atoms with Crippen LogP contribution in [0.4, 0.5) is 0 Å². The predicted molar refractivity (Wildman–Crippen MR) is 75.2 cm³/mol. The average molecular weight is 264 g/mol. The molecule has 5 heteroatoms. The summed E-state index contributed by atoms with van der Waals surface area (Å²) in [5.41, 5.74) is 1.43. The van der Waals surface area contributed by atoms with Crippen LogP contribution in [0.3, 0.4) is 0 Å². The monoisotopic (exact) mass is 264 g/mol. The number of amides is 1. The highest BCUT2D eigenvalue weighted by atomic mass is 16.2. The molecule has 0 aromatic carbocycles. The van der Waals surface area contributed by atoms with Crippen molar-refractivity contribution in [1.29, 1.82) is 0 Å². The minimum absolute atomic E-state index is 0.0226. The van der Waals surface area contributed by atoms with Gasteiger partial charge < -0.3 is 10.6 Å². The van der Waals surface area contributed by atoms with Crippen molar-refractivity contribution in [3.8, 4) is 0 Å². The summed E-state index contributed by atoms with van der Waals surface area (Å²) in [5, 5.41) is 13.4. The number of nitrogens with one attached hydrogen (secondary N) is 3. The quantitative estimate of drug-likeness (QED) is 0.757. The zero-order valence-corrected chi connectivity index (χ0v) is 12.2. The van der Waals surface area contributed by atoms with E-state index in [4.69, 9.17) is 0 Å². The number of aromatic amines is 1. The highest BCUT2D eigenvalue weighted by Gasteiger charge is 2.25. The van der Waals surface area contributed by atoms with E-state index in [0.29, 0.717) is 11.6 Å². The number of carbonyl (C=O) groups is 1. The van der Waals surface area contributed by atoms with Crippen LogP contribution in [0.15, 0.2) is 6.07 Å². The Morgan fingerprint density at radius 2 is 2.21 bits per heavy atom. The molecule has 1 amide bonds. The Bertz CT molecular complexity index is 447. The van der Waals surface area contributed by atoms with E-state index in [1.165, 1.54) is 0 Å². The summed E-state index contributed by atoms with van der Waals surface area (Å²) in [7, 11) is 0. The zero-order chi connectivity index (χ0) is 14.0. The van der Waals surface area contributed by atoms with Gasteiger partial charge in [-0.15, -0.1) is 0 Å². The molecule has 1 aromatic heterocycles. The minimum Gasteiger partial charge on any atom is -0.346 e. The summed E-state index contributed by atoms with van der Waals surface area (Å²) in [6, 6.07) is 2.03.